The van der Waals surface area contributed by atoms with Crippen molar-refractivity contribution in [3.63, 3.8) is 0 Å². The number of rotatable bonds is 4. The highest BCUT2D eigenvalue weighted by Crippen LogP contribution is 2.25. The summed E-state index contributed by atoms with van der Waals surface area (Å²) < 4.78 is 0. The Kier molecular flexibility index (Phi) is 4.37. The number of benzene rings is 1. The Balaban J connectivity index is 2.10. The van der Waals surface area contributed by atoms with Gasteiger partial charge in [0.2, 0.25) is 5.91 Å². The summed E-state index contributed by atoms with van der Waals surface area (Å²) in [6.07, 6.45) is 4.90. The molecule has 0 aromatic heterocycles. The SMILES string of the molecule is CC(C(=O)NCCN)c1ccc2c(c1)CCCC2. The fourth-order valence-corrected chi connectivity index (χ4v) is 2.52. The van der Waals surface area contributed by atoms with E-state index in [9.17, 15) is 4.79 Å². The highest BCUT2D eigenvalue weighted by atomic mass is 16.1. The Morgan fingerprint density at radius 3 is 2.78 bits per heavy atom. The van der Waals surface area contributed by atoms with E-state index in [0.29, 0.717) is 13.1 Å². The lowest BCUT2D eigenvalue weighted by molar-refractivity contribution is -0.122. The van der Waals surface area contributed by atoms with Crippen LogP contribution in [0.5, 0.6) is 0 Å². The molecule has 1 aliphatic rings. The molecule has 0 aliphatic heterocycles. The number of hydrogen-bond donors (Lipinski definition) is 2. The first kappa shape index (κ1) is 13.1. The van der Waals surface area contributed by atoms with Gasteiger partial charge in [-0.25, -0.2) is 0 Å². The average Bonchev–Trinajstić information content (AvgIpc) is 2.43. The summed E-state index contributed by atoms with van der Waals surface area (Å²) in [5, 5.41) is 2.85. The van der Waals surface area contributed by atoms with Gasteiger partial charge in [0.1, 0.15) is 0 Å². The van der Waals surface area contributed by atoms with E-state index in [-0.39, 0.29) is 11.8 Å². The molecule has 1 aliphatic carbocycles. The molecule has 3 nitrogen and oxygen atoms in total. The van der Waals surface area contributed by atoms with Crippen LogP contribution in [-0.2, 0) is 17.6 Å². The predicted octanol–water partition coefficient (Wildman–Crippen LogP) is 1.74. The number of hydrogen-bond acceptors (Lipinski definition) is 2. The van der Waals surface area contributed by atoms with Crippen molar-refractivity contribution in [3.8, 4) is 0 Å². The molecule has 0 saturated heterocycles. The fourth-order valence-electron chi connectivity index (χ4n) is 2.52. The molecule has 2 rings (SSSR count). The summed E-state index contributed by atoms with van der Waals surface area (Å²) >= 11 is 0. The molecule has 0 spiro atoms. The van der Waals surface area contributed by atoms with Gasteiger partial charge >= 0.3 is 0 Å². The van der Waals surface area contributed by atoms with Crippen LogP contribution in [0.2, 0.25) is 0 Å². The van der Waals surface area contributed by atoms with Crippen LogP contribution in [-0.4, -0.2) is 19.0 Å². The van der Waals surface area contributed by atoms with Crippen LogP contribution < -0.4 is 11.1 Å². The second-order valence-electron chi connectivity index (χ2n) is 5.04. The molecular formula is C15H22N2O. The maximum absolute atomic E-state index is 11.9. The smallest absolute Gasteiger partial charge is 0.227 e. The van der Waals surface area contributed by atoms with Crippen LogP contribution in [0.25, 0.3) is 0 Å². The highest BCUT2D eigenvalue weighted by molar-refractivity contribution is 5.83. The summed E-state index contributed by atoms with van der Waals surface area (Å²) in [6.45, 7) is 2.99. The van der Waals surface area contributed by atoms with Gasteiger partial charge in [-0.3, -0.25) is 4.79 Å². The summed E-state index contributed by atoms with van der Waals surface area (Å²) in [4.78, 5) is 11.9. The Labute approximate surface area is 109 Å². The number of amides is 1. The molecule has 3 heteroatoms. The Bertz CT molecular complexity index is 429. The van der Waals surface area contributed by atoms with Gasteiger partial charge in [0.25, 0.3) is 0 Å². The van der Waals surface area contributed by atoms with Crippen molar-refractivity contribution in [2.45, 2.75) is 38.5 Å². The van der Waals surface area contributed by atoms with Crippen molar-refractivity contribution < 1.29 is 4.79 Å². The van der Waals surface area contributed by atoms with E-state index in [1.807, 2.05) is 6.92 Å². The van der Waals surface area contributed by atoms with E-state index >= 15 is 0 Å². The molecule has 1 aromatic carbocycles. The second kappa shape index (κ2) is 6.01. The summed E-state index contributed by atoms with van der Waals surface area (Å²) in [5.74, 6) is -0.0278. The minimum Gasteiger partial charge on any atom is -0.354 e. The van der Waals surface area contributed by atoms with Crippen molar-refractivity contribution in [2.24, 2.45) is 5.73 Å². The minimum absolute atomic E-state index is 0.0659. The molecule has 0 saturated carbocycles. The molecule has 0 bridgehead atoms. The third-order valence-corrected chi connectivity index (χ3v) is 3.71. The van der Waals surface area contributed by atoms with Gasteiger partial charge in [-0.15, -0.1) is 0 Å². The molecule has 18 heavy (non-hydrogen) atoms. The molecule has 1 atom stereocenters. The monoisotopic (exact) mass is 246 g/mol. The lowest BCUT2D eigenvalue weighted by Crippen LogP contribution is -2.32. The van der Waals surface area contributed by atoms with Crippen molar-refractivity contribution in [1.29, 1.82) is 0 Å². The van der Waals surface area contributed by atoms with Crippen molar-refractivity contribution in [3.05, 3.63) is 34.9 Å². The molecule has 1 amide bonds. The number of aryl methyl sites for hydroxylation is 2. The zero-order valence-corrected chi connectivity index (χ0v) is 11.0. The molecule has 0 heterocycles. The third-order valence-electron chi connectivity index (χ3n) is 3.71. The zero-order valence-electron chi connectivity index (χ0n) is 11.0. The quantitative estimate of drug-likeness (QED) is 0.850. The van der Waals surface area contributed by atoms with Gasteiger partial charge in [0.15, 0.2) is 0 Å². The molecule has 0 fully saturated rings. The van der Waals surface area contributed by atoms with E-state index < -0.39 is 0 Å². The van der Waals surface area contributed by atoms with Crippen molar-refractivity contribution in [1.82, 2.24) is 5.32 Å². The number of nitrogens with one attached hydrogen (secondary N) is 1. The minimum atomic E-state index is -0.0937. The number of fused-ring (bicyclic) bond motifs is 1. The van der Waals surface area contributed by atoms with Gasteiger partial charge in [-0.2, -0.15) is 0 Å². The van der Waals surface area contributed by atoms with E-state index in [0.717, 1.165) is 12.0 Å². The van der Waals surface area contributed by atoms with Gasteiger partial charge in [0, 0.05) is 13.1 Å². The first-order valence-corrected chi connectivity index (χ1v) is 6.82. The summed E-state index contributed by atoms with van der Waals surface area (Å²) in [5.41, 5.74) is 9.39. The van der Waals surface area contributed by atoms with Crippen molar-refractivity contribution in [2.75, 3.05) is 13.1 Å². The first-order valence-electron chi connectivity index (χ1n) is 6.82. The second-order valence-corrected chi connectivity index (χ2v) is 5.04. The number of nitrogens with two attached hydrogens (primary N) is 1. The molecule has 1 unspecified atom stereocenters. The van der Waals surface area contributed by atoms with E-state index in [1.54, 1.807) is 0 Å². The largest absolute Gasteiger partial charge is 0.354 e. The van der Waals surface area contributed by atoms with Gasteiger partial charge < -0.3 is 11.1 Å². The Morgan fingerprint density at radius 2 is 2.06 bits per heavy atom. The Morgan fingerprint density at radius 1 is 1.33 bits per heavy atom. The van der Waals surface area contributed by atoms with Crippen LogP contribution in [0.1, 0.15) is 42.4 Å². The normalized spacial score (nSPS) is 15.9. The number of carbonyl (C=O) groups is 1. The van der Waals surface area contributed by atoms with E-state index in [2.05, 4.69) is 23.5 Å². The Hall–Kier alpha value is -1.35. The van der Waals surface area contributed by atoms with Crippen LogP contribution >= 0.6 is 0 Å². The standard InChI is InChI=1S/C15H22N2O/c1-11(15(18)17-9-8-16)13-7-6-12-4-2-3-5-14(12)10-13/h6-7,10-11H,2-5,8-9,16H2,1H3,(H,17,18). The molecule has 98 valence electrons. The molecule has 1 aromatic rings. The van der Waals surface area contributed by atoms with Crippen LogP contribution in [0.15, 0.2) is 18.2 Å². The van der Waals surface area contributed by atoms with Crippen molar-refractivity contribution >= 4 is 5.91 Å². The van der Waals surface area contributed by atoms with Crippen LogP contribution in [0, 0.1) is 0 Å². The summed E-state index contributed by atoms with van der Waals surface area (Å²) in [6, 6.07) is 6.49. The van der Waals surface area contributed by atoms with Crippen LogP contribution in [0.4, 0.5) is 0 Å². The zero-order chi connectivity index (χ0) is 13.0. The third kappa shape index (κ3) is 2.91. The molecular weight excluding hydrogens is 224 g/mol. The van der Waals surface area contributed by atoms with Gasteiger partial charge in [-0.05, 0) is 49.3 Å². The van der Waals surface area contributed by atoms with E-state index in [1.165, 1.54) is 30.4 Å². The van der Waals surface area contributed by atoms with E-state index in [4.69, 9.17) is 5.73 Å². The topological polar surface area (TPSA) is 55.1 Å². The summed E-state index contributed by atoms with van der Waals surface area (Å²) in [7, 11) is 0. The predicted molar refractivity (Wildman–Crippen MR) is 73.6 cm³/mol. The maximum Gasteiger partial charge on any atom is 0.227 e. The lowest BCUT2D eigenvalue weighted by atomic mass is 9.88. The maximum atomic E-state index is 11.9. The fraction of sp³-hybridized carbons (Fsp3) is 0.533. The van der Waals surface area contributed by atoms with Gasteiger partial charge in [0.05, 0.1) is 5.92 Å². The lowest BCUT2D eigenvalue weighted by Gasteiger charge is -2.19. The average molecular weight is 246 g/mol. The first-order chi connectivity index (χ1) is 8.72. The van der Waals surface area contributed by atoms with Gasteiger partial charge in [-0.1, -0.05) is 18.2 Å². The number of carbonyl (C=O) groups excluding carboxylic acids is 1. The highest BCUT2D eigenvalue weighted by Gasteiger charge is 2.17. The van der Waals surface area contributed by atoms with Crippen LogP contribution in [0.3, 0.4) is 0 Å². The molecule has 0 radical (unpaired) electrons. The molecule has 3 N–H and O–H groups in total.